The summed E-state index contributed by atoms with van der Waals surface area (Å²) in [5.41, 5.74) is -0.709. The van der Waals surface area contributed by atoms with Gasteiger partial charge >= 0.3 is 0 Å². The highest BCUT2D eigenvalue weighted by Crippen LogP contribution is 2.39. The second-order valence-corrected chi connectivity index (χ2v) is 19.3. The second kappa shape index (κ2) is 32.1. The molecule has 4 unspecified atom stereocenters. The maximum atomic E-state index is 12.7. The molecular formula is C40H80N4O6S3. The van der Waals surface area contributed by atoms with Crippen LogP contribution in [0.25, 0.3) is 0 Å². The molecule has 1 aliphatic heterocycles. The zero-order valence-electron chi connectivity index (χ0n) is 36.3. The van der Waals surface area contributed by atoms with Gasteiger partial charge in [-0.15, -0.1) is 23.5 Å². The third kappa shape index (κ3) is 28.1. The summed E-state index contributed by atoms with van der Waals surface area (Å²) in [6.45, 7) is 32.2. The first kappa shape index (κ1) is 56.4. The quantitative estimate of drug-likeness (QED) is 0.0657. The van der Waals surface area contributed by atoms with Gasteiger partial charge in [0.1, 0.15) is 3.53 Å². The maximum Gasteiger partial charge on any atom is 0.227 e. The SMILES string of the molecule is CCC.CCCC(C)OC(C)(C)CC(C)NC(=O)CCC(C)(C#N)C(C)C.CCSC(=S)SC(C)(C)C(CC)C(=O)N1CCOCC1.COCNCO. The number of aliphatic hydroxyl groups is 1. The number of nitrogens with one attached hydrogen (secondary N) is 2. The molecule has 3 N–H and O–H groups in total. The van der Waals surface area contributed by atoms with Gasteiger partial charge in [-0.3, -0.25) is 14.9 Å². The smallest absolute Gasteiger partial charge is 0.227 e. The Bertz CT molecular complexity index is 1000. The fourth-order valence-corrected chi connectivity index (χ4v) is 8.90. The Morgan fingerprint density at radius 1 is 1.04 bits per heavy atom. The molecule has 1 rings (SSSR count). The number of carbonyl (C=O) groups excluding carboxylic acids is 2. The fourth-order valence-electron chi connectivity index (χ4n) is 5.59. The second-order valence-electron chi connectivity index (χ2n) is 15.2. The number of aliphatic hydroxyl groups excluding tert-OH is 1. The first-order chi connectivity index (χ1) is 24.7. The lowest BCUT2D eigenvalue weighted by molar-refractivity contribution is -0.140. The Kier molecular flexibility index (Phi) is 34.2. The molecular weight excluding hydrogens is 729 g/mol. The van der Waals surface area contributed by atoms with Crippen LogP contribution >= 0.6 is 35.7 Å². The molecule has 0 radical (unpaired) electrons. The number of carbonyl (C=O) groups is 2. The molecule has 53 heavy (non-hydrogen) atoms. The highest BCUT2D eigenvalue weighted by Gasteiger charge is 2.38. The van der Waals surface area contributed by atoms with Crippen LogP contribution in [0.15, 0.2) is 0 Å². The summed E-state index contributed by atoms with van der Waals surface area (Å²) in [4.78, 5) is 26.9. The molecule has 10 nitrogen and oxygen atoms in total. The molecule has 4 atom stereocenters. The summed E-state index contributed by atoms with van der Waals surface area (Å²) in [6, 6.07) is 2.41. The maximum absolute atomic E-state index is 12.7. The van der Waals surface area contributed by atoms with E-state index in [0.29, 0.717) is 45.9 Å². The monoisotopic (exact) mass is 809 g/mol. The van der Waals surface area contributed by atoms with E-state index in [0.717, 1.165) is 35.0 Å². The zero-order valence-corrected chi connectivity index (χ0v) is 38.8. The van der Waals surface area contributed by atoms with E-state index in [4.69, 9.17) is 26.8 Å². The molecule has 0 spiro atoms. The van der Waals surface area contributed by atoms with E-state index in [9.17, 15) is 14.9 Å². The van der Waals surface area contributed by atoms with Crippen LogP contribution in [0.1, 0.15) is 142 Å². The number of thiocarbonyl (C=S) groups is 1. The number of hydrogen-bond acceptors (Lipinski definition) is 11. The minimum absolute atomic E-state index is 0.000932. The molecule has 1 fully saturated rings. The summed E-state index contributed by atoms with van der Waals surface area (Å²) in [5.74, 6) is 1.48. The van der Waals surface area contributed by atoms with Crippen LogP contribution < -0.4 is 10.6 Å². The Hall–Kier alpha value is -0.980. The summed E-state index contributed by atoms with van der Waals surface area (Å²) in [7, 11) is 1.56. The van der Waals surface area contributed by atoms with Gasteiger partial charge in [0.05, 0.1) is 55.8 Å². The van der Waals surface area contributed by atoms with Crippen molar-refractivity contribution >= 4 is 51.1 Å². The molecule has 2 amide bonds. The van der Waals surface area contributed by atoms with Gasteiger partial charge < -0.3 is 29.5 Å². The largest absolute Gasteiger partial charge is 0.381 e. The molecule has 1 heterocycles. The summed E-state index contributed by atoms with van der Waals surface area (Å²) < 4.78 is 16.7. The highest BCUT2D eigenvalue weighted by molar-refractivity contribution is 8.47. The average Bonchev–Trinajstić information content (AvgIpc) is 3.07. The molecule has 0 bridgehead atoms. The fraction of sp³-hybridized carbons (Fsp3) is 0.900. The van der Waals surface area contributed by atoms with Crippen LogP contribution in [-0.4, -0.2) is 100 Å². The van der Waals surface area contributed by atoms with Crippen LogP contribution in [0.2, 0.25) is 0 Å². The predicted molar refractivity (Wildman–Crippen MR) is 231 cm³/mol. The van der Waals surface area contributed by atoms with Gasteiger partial charge in [0.15, 0.2) is 0 Å². The third-order valence-corrected chi connectivity index (χ3v) is 11.4. The molecule has 1 saturated heterocycles. The van der Waals surface area contributed by atoms with Crippen LogP contribution in [0.4, 0.5) is 0 Å². The standard InChI is InChI=1S/C20H38N2O2.C14H25NO2S3.C3H9NO2.C3H8/c1-9-10-17(5)24-19(6,7)13-16(4)22-18(23)11-12-20(8,14-21)15(2)3;1-5-11(12(16)15-7-9-17-10-8-15)14(3,4)20-13(18)19-6-2;1-6-3-4-2-5;1-3-2/h15-17H,9-13H2,1-8H3,(H,22,23);11H,5-10H2,1-4H3;4-5H,2-3H2,1H3;3H2,1-2H3. The van der Waals surface area contributed by atoms with Gasteiger partial charge in [-0.2, -0.15) is 5.26 Å². The first-order valence-electron chi connectivity index (χ1n) is 19.6. The van der Waals surface area contributed by atoms with Crippen LogP contribution in [-0.2, 0) is 23.8 Å². The van der Waals surface area contributed by atoms with Crippen molar-refractivity contribution < 1.29 is 28.9 Å². The molecule has 13 heteroatoms. The number of rotatable bonds is 19. The van der Waals surface area contributed by atoms with E-state index in [1.165, 1.54) is 6.42 Å². The first-order valence-corrected chi connectivity index (χ1v) is 21.8. The lowest BCUT2D eigenvalue weighted by Crippen LogP contribution is -2.48. The minimum atomic E-state index is -0.446. The van der Waals surface area contributed by atoms with Gasteiger partial charge in [-0.05, 0) is 85.8 Å². The number of hydrogen-bond donors (Lipinski definition) is 3. The number of nitriles is 1. The highest BCUT2D eigenvalue weighted by atomic mass is 32.2. The van der Waals surface area contributed by atoms with Gasteiger partial charge in [0.2, 0.25) is 11.8 Å². The minimum Gasteiger partial charge on any atom is -0.381 e. The van der Waals surface area contributed by atoms with Crippen LogP contribution in [0.5, 0.6) is 0 Å². The molecule has 0 aromatic carbocycles. The number of methoxy groups -OCH3 is 1. The van der Waals surface area contributed by atoms with Crippen LogP contribution in [0, 0.1) is 28.6 Å². The average molecular weight is 809 g/mol. The van der Waals surface area contributed by atoms with E-state index in [-0.39, 0.29) is 52.9 Å². The molecule has 0 aromatic heterocycles. The van der Waals surface area contributed by atoms with Crippen molar-refractivity contribution in [3.8, 4) is 6.07 Å². The summed E-state index contributed by atoms with van der Waals surface area (Å²) >= 11 is 8.74. The van der Waals surface area contributed by atoms with Gasteiger partial charge in [-0.1, -0.05) is 73.5 Å². The molecule has 0 saturated carbocycles. The zero-order chi connectivity index (χ0) is 41.7. The third-order valence-electron chi connectivity index (χ3n) is 8.66. The van der Waals surface area contributed by atoms with Crippen LogP contribution in [0.3, 0.4) is 0 Å². The van der Waals surface area contributed by atoms with Gasteiger partial charge in [-0.25, -0.2) is 0 Å². The van der Waals surface area contributed by atoms with Crippen molar-refractivity contribution in [2.75, 3.05) is 52.6 Å². The lowest BCUT2D eigenvalue weighted by atomic mass is 9.77. The summed E-state index contributed by atoms with van der Waals surface area (Å²) in [6.07, 6.45) is 6.23. The number of thioether (sulfide) groups is 2. The van der Waals surface area contributed by atoms with Crippen molar-refractivity contribution in [1.82, 2.24) is 15.5 Å². The van der Waals surface area contributed by atoms with Crippen molar-refractivity contribution in [2.24, 2.45) is 17.3 Å². The van der Waals surface area contributed by atoms with Crippen molar-refractivity contribution in [3.63, 3.8) is 0 Å². The molecule has 0 aromatic rings. The lowest BCUT2D eigenvalue weighted by Gasteiger charge is -2.37. The number of morpholine rings is 1. The van der Waals surface area contributed by atoms with Crippen molar-refractivity contribution in [3.05, 3.63) is 0 Å². The van der Waals surface area contributed by atoms with E-state index >= 15 is 0 Å². The Labute approximate surface area is 339 Å². The Morgan fingerprint density at radius 2 is 1.60 bits per heavy atom. The van der Waals surface area contributed by atoms with E-state index in [2.05, 4.69) is 90.7 Å². The van der Waals surface area contributed by atoms with E-state index in [1.54, 1.807) is 30.6 Å². The van der Waals surface area contributed by atoms with Gasteiger partial charge in [0.25, 0.3) is 0 Å². The Balaban J connectivity index is -0.000000773. The number of amides is 2. The normalized spacial score (nSPS) is 15.8. The van der Waals surface area contributed by atoms with E-state index in [1.807, 2.05) is 32.6 Å². The molecule has 314 valence electrons. The number of nitrogens with zero attached hydrogens (tertiary/aromatic N) is 2. The topological polar surface area (TPSA) is 133 Å². The van der Waals surface area contributed by atoms with Crippen molar-refractivity contribution in [1.29, 1.82) is 5.26 Å². The van der Waals surface area contributed by atoms with Gasteiger partial charge in [0, 0.05) is 37.4 Å². The molecule has 1 aliphatic rings. The molecule has 0 aliphatic carbocycles. The summed E-state index contributed by atoms with van der Waals surface area (Å²) in [5, 5.41) is 22.9. The Morgan fingerprint density at radius 3 is 2.02 bits per heavy atom. The number of ether oxygens (including phenoxy) is 3. The van der Waals surface area contributed by atoms with Crippen molar-refractivity contribution in [2.45, 2.75) is 164 Å². The predicted octanol–water partition coefficient (Wildman–Crippen LogP) is 8.80. The van der Waals surface area contributed by atoms with E-state index < -0.39 is 5.41 Å².